The molecule has 1 aromatic carbocycles. The number of hydroxylamine groups is 1. The van der Waals surface area contributed by atoms with E-state index in [1.165, 1.54) is 6.21 Å². The van der Waals surface area contributed by atoms with E-state index in [1.807, 2.05) is 36.4 Å². The van der Waals surface area contributed by atoms with Crippen molar-refractivity contribution in [2.45, 2.75) is 45.4 Å². The van der Waals surface area contributed by atoms with Gasteiger partial charge in [-0.15, -0.1) is 6.58 Å². The van der Waals surface area contributed by atoms with Crippen molar-refractivity contribution in [3.8, 4) is 0 Å². The lowest BCUT2D eigenvalue weighted by molar-refractivity contribution is -0.471. The van der Waals surface area contributed by atoms with Crippen molar-refractivity contribution in [1.29, 1.82) is 0 Å². The van der Waals surface area contributed by atoms with Crippen molar-refractivity contribution in [2.75, 3.05) is 19.8 Å². The maximum atomic E-state index is 11.8. The molecule has 1 aromatic rings. The molecule has 0 aromatic heterocycles. The Morgan fingerprint density at radius 3 is 2.40 bits per heavy atom. The zero-order valence-corrected chi connectivity index (χ0v) is 17.3. The fourth-order valence-electron chi connectivity index (χ4n) is 1.90. The highest BCUT2D eigenvalue weighted by Gasteiger charge is 2.37. The van der Waals surface area contributed by atoms with Crippen LogP contribution in [0.25, 0.3) is 0 Å². The number of hydrogen-bond acceptors (Lipinski definition) is 3. The van der Waals surface area contributed by atoms with E-state index in [4.69, 9.17) is 9.16 Å². The smallest absolute Gasteiger partial charge is 0.192 e. The quantitative estimate of drug-likeness (QED) is 0.116. The summed E-state index contributed by atoms with van der Waals surface area (Å²) in [5.74, 6) is 0.136. The lowest BCUT2D eigenvalue weighted by Crippen LogP contribution is -2.42. The second kappa shape index (κ2) is 9.90. The van der Waals surface area contributed by atoms with E-state index >= 15 is 0 Å². The van der Waals surface area contributed by atoms with Crippen LogP contribution < -0.4 is 0 Å². The number of nitrogens with zero attached hydrogens (tertiary/aromatic N) is 1. The van der Waals surface area contributed by atoms with E-state index < -0.39 is 8.32 Å². The van der Waals surface area contributed by atoms with Crippen molar-refractivity contribution in [3.05, 3.63) is 53.8 Å². The Morgan fingerprint density at radius 2 is 1.84 bits per heavy atom. The van der Waals surface area contributed by atoms with Crippen LogP contribution in [0.1, 0.15) is 26.3 Å². The molecule has 0 amide bonds. The Bertz CT molecular complexity index is 550. The highest BCUT2D eigenvalue weighted by Crippen LogP contribution is 2.36. The fourth-order valence-corrected chi connectivity index (χ4v) is 2.96. The topological polar surface area (TPSA) is 44.5 Å². The number of benzene rings is 1. The molecular weight excluding hydrogens is 330 g/mol. The van der Waals surface area contributed by atoms with Gasteiger partial charge in [-0.05, 0) is 18.1 Å². The molecule has 140 valence electrons. The Morgan fingerprint density at radius 1 is 1.20 bits per heavy atom. The monoisotopic (exact) mass is 363 g/mol. The molecule has 0 aliphatic carbocycles. The Labute approximate surface area is 153 Å². The summed E-state index contributed by atoms with van der Waals surface area (Å²) in [6, 6.07) is 9.66. The molecule has 0 heterocycles. The summed E-state index contributed by atoms with van der Waals surface area (Å²) < 4.78 is 12.7. The Balaban J connectivity index is 2.35. The molecule has 25 heavy (non-hydrogen) atoms. The van der Waals surface area contributed by atoms with E-state index in [1.54, 1.807) is 0 Å². The molecule has 0 radical (unpaired) electrons. The van der Waals surface area contributed by atoms with Gasteiger partial charge in [0, 0.05) is 18.1 Å². The van der Waals surface area contributed by atoms with E-state index in [0.29, 0.717) is 26.4 Å². The van der Waals surface area contributed by atoms with Gasteiger partial charge in [-0.3, -0.25) is 0 Å². The summed E-state index contributed by atoms with van der Waals surface area (Å²) in [5, 5.41) is 12.0. The van der Waals surface area contributed by atoms with Crippen LogP contribution in [-0.2, 0) is 15.7 Å². The van der Waals surface area contributed by atoms with Gasteiger partial charge in [0.15, 0.2) is 21.1 Å². The normalized spacial score (nSPS) is 14.4. The second-order valence-corrected chi connectivity index (χ2v) is 12.7. The second-order valence-electron chi connectivity index (χ2n) is 7.85. The van der Waals surface area contributed by atoms with Crippen LogP contribution in [0.3, 0.4) is 0 Å². The van der Waals surface area contributed by atoms with Crippen molar-refractivity contribution in [1.82, 2.24) is 0 Å². The van der Waals surface area contributed by atoms with Crippen LogP contribution in [0.4, 0.5) is 0 Å². The minimum Gasteiger partial charge on any atom is -0.624 e. The van der Waals surface area contributed by atoms with E-state index in [-0.39, 0.29) is 11.0 Å². The predicted molar refractivity (Wildman–Crippen MR) is 107 cm³/mol. The van der Waals surface area contributed by atoms with Gasteiger partial charge in [0.25, 0.3) is 0 Å². The molecule has 1 atom stereocenters. The average molecular weight is 364 g/mol. The summed E-state index contributed by atoms with van der Waals surface area (Å²) in [6.07, 6.45) is 3.40. The van der Waals surface area contributed by atoms with Crippen molar-refractivity contribution in [2.24, 2.45) is 5.92 Å². The standard InChI is InChI=1S/C20H33NO3Si/c1-7-18(17-24-25(5,6)20(2,3)4)16-23-14-13-21(22)15-19-11-9-8-10-12-19/h7-13,18H,1,14-17H2,2-6H3/b21-13+. The highest BCUT2D eigenvalue weighted by molar-refractivity contribution is 6.74. The molecule has 0 fully saturated rings. The molecule has 0 spiro atoms. The third kappa shape index (κ3) is 7.99. The zero-order valence-electron chi connectivity index (χ0n) is 16.3. The van der Waals surface area contributed by atoms with Crippen LogP contribution in [-0.4, -0.2) is 39.1 Å². The molecule has 0 saturated carbocycles. The van der Waals surface area contributed by atoms with Gasteiger partial charge in [-0.2, -0.15) is 0 Å². The summed E-state index contributed by atoms with van der Waals surface area (Å²) in [6.45, 7) is 16.8. The van der Waals surface area contributed by atoms with Crippen LogP contribution in [0.2, 0.25) is 18.1 Å². The fraction of sp³-hybridized carbons (Fsp3) is 0.550. The molecule has 4 nitrogen and oxygen atoms in total. The van der Waals surface area contributed by atoms with Crippen molar-refractivity contribution in [3.63, 3.8) is 0 Å². The zero-order chi connectivity index (χ0) is 18.9. The van der Waals surface area contributed by atoms with E-state index in [2.05, 4.69) is 40.4 Å². The molecule has 0 saturated heterocycles. The lowest BCUT2D eigenvalue weighted by atomic mass is 10.2. The molecule has 0 bridgehead atoms. The maximum absolute atomic E-state index is 11.8. The predicted octanol–water partition coefficient (Wildman–Crippen LogP) is 4.61. The highest BCUT2D eigenvalue weighted by atomic mass is 28.4. The van der Waals surface area contributed by atoms with Gasteiger partial charge in [-0.25, -0.2) is 4.74 Å². The van der Waals surface area contributed by atoms with Crippen LogP contribution in [0.15, 0.2) is 43.0 Å². The summed E-state index contributed by atoms with van der Waals surface area (Å²) in [5.41, 5.74) is 0.987. The number of hydrogen-bond donors (Lipinski definition) is 0. The summed E-state index contributed by atoms with van der Waals surface area (Å²) >= 11 is 0. The lowest BCUT2D eigenvalue weighted by Gasteiger charge is -2.37. The third-order valence-electron chi connectivity index (χ3n) is 4.71. The first kappa shape index (κ1) is 21.6. The molecule has 0 aliphatic rings. The first-order valence-electron chi connectivity index (χ1n) is 8.81. The SMILES string of the molecule is C=CC(COC/C=[N+](/[O-])Cc1ccccc1)CO[Si](C)(C)C(C)(C)C. The van der Waals surface area contributed by atoms with Gasteiger partial charge >= 0.3 is 0 Å². The van der Waals surface area contributed by atoms with Crippen LogP contribution in [0, 0.1) is 11.1 Å². The van der Waals surface area contributed by atoms with Crippen LogP contribution >= 0.6 is 0 Å². The van der Waals surface area contributed by atoms with Gasteiger partial charge in [-0.1, -0.05) is 57.2 Å². The minimum absolute atomic E-state index is 0.136. The third-order valence-corrected chi connectivity index (χ3v) is 9.21. The molecule has 0 aliphatic heterocycles. The first-order valence-corrected chi connectivity index (χ1v) is 11.7. The first-order chi connectivity index (χ1) is 11.7. The summed E-state index contributed by atoms with van der Waals surface area (Å²) in [4.78, 5) is 0. The van der Waals surface area contributed by atoms with Crippen molar-refractivity contribution >= 4 is 14.5 Å². The molecule has 1 rings (SSSR count). The van der Waals surface area contributed by atoms with E-state index in [9.17, 15) is 5.21 Å². The van der Waals surface area contributed by atoms with Gasteiger partial charge in [0.05, 0.1) is 6.61 Å². The molecule has 0 N–H and O–H groups in total. The van der Waals surface area contributed by atoms with Crippen molar-refractivity contribution < 1.29 is 13.9 Å². The number of ether oxygens (including phenoxy) is 1. The van der Waals surface area contributed by atoms with Gasteiger partial charge in [0.1, 0.15) is 6.61 Å². The Hall–Kier alpha value is -1.43. The number of rotatable bonds is 10. The molecular formula is C20H33NO3Si. The van der Waals surface area contributed by atoms with Gasteiger partial charge < -0.3 is 14.4 Å². The average Bonchev–Trinajstić information content (AvgIpc) is 2.54. The minimum atomic E-state index is -1.76. The largest absolute Gasteiger partial charge is 0.624 e. The Kier molecular flexibility index (Phi) is 8.55. The van der Waals surface area contributed by atoms with E-state index in [0.717, 1.165) is 10.3 Å². The molecule has 1 unspecified atom stereocenters. The maximum Gasteiger partial charge on any atom is 0.192 e. The van der Waals surface area contributed by atoms with Gasteiger partial charge in [0.2, 0.25) is 0 Å². The molecule has 5 heteroatoms. The van der Waals surface area contributed by atoms with Crippen LogP contribution in [0.5, 0.6) is 0 Å². The summed E-state index contributed by atoms with van der Waals surface area (Å²) in [7, 11) is -1.76.